The van der Waals surface area contributed by atoms with Gasteiger partial charge < -0.3 is 16.4 Å². The van der Waals surface area contributed by atoms with E-state index in [4.69, 9.17) is 5.73 Å². The molecule has 4 N–H and O–H groups in total. The first kappa shape index (κ1) is 12.9. The fraction of sp³-hybridized carbons (Fsp3) is 0.286. The average Bonchev–Trinajstić information content (AvgIpc) is 2.79. The van der Waals surface area contributed by atoms with Crippen LogP contribution in [0, 0.1) is 0 Å². The lowest BCUT2D eigenvalue weighted by Gasteiger charge is -2.23. The monoisotopic (exact) mass is 289 g/mol. The second kappa shape index (κ2) is 5.13. The lowest BCUT2D eigenvalue weighted by atomic mass is 10.1. The molecule has 0 saturated carbocycles. The Hall–Kier alpha value is -2.08. The van der Waals surface area contributed by atoms with Crippen LogP contribution in [0.4, 0.5) is 5.69 Å². The van der Waals surface area contributed by atoms with Crippen molar-refractivity contribution in [3.05, 3.63) is 29.1 Å². The third-order valence-electron chi connectivity index (χ3n) is 3.44. The molecule has 1 fully saturated rings. The van der Waals surface area contributed by atoms with Gasteiger partial charge in [0.1, 0.15) is 4.88 Å². The quantitative estimate of drug-likeness (QED) is 0.783. The van der Waals surface area contributed by atoms with Crippen molar-refractivity contribution >= 4 is 38.9 Å². The third-order valence-corrected chi connectivity index (χ3v) is 4.63. The molecule has 104 valence electrons. The predicted molar refractivity (Wildman–Crippen MR) is 79.7 cm³/mol. The van der Waals surface area contributed by atoms with Gasteiger partial charge in [0.05, 0.1) is 5.69 Å². The number of nitrogens with one attached hydrogen (secondary N) is 2. The molecule has 20 heavy (non-hydrogen) atoms. The van der Waals surface area contributed by atoms with E-state index in [2.05, 4.69) is 10.6 Å². The largest absolute Gasteiger partial charge is 0.397 e. The summed E-state index contributed by atoms with van der Waals surface area (Å²) in [5, 5.41) is 6.60. The average molecular weight is 289 g/mol. The van der Waals surface area contributed by atoms with Gasteiger partial charge in [0, 0.05) is 29.1 Å². The van der Waals surface area contributed by atoms with Crippen LogP contribution in [0.3, 0.4) is 0 Å². The fourth-order valence-electron chi connectivity index (χ4n) is 2.34. The van der Waals surface area contributed by atoms with Crippen LogP contribution in [-0.2, 0) is 4.79 Å². The Bertz CT molecular complexity index is 670. The van der Waals surface area contributed by atoms with E-state index in [9.17, 15) is 9.59 Å². The molecule has 2 aromatic rings. The van der Waals surface area contributed by atoms with Crippen molar-refractivity contribution in [3.8, 4) is 0 Å². The van der Waals surface area contributed by atoms with Gasteiger partial charge in [0.2, 0.25) is 5.91 Å². The van der Waals surface area contributed by atoms with Crippen LogP contribution in [0.1, 0.15) is 22.5 Å². The summed E-state index contributed by atoms with van der Waals surface area (Å²) in [4.78, 5) is 23.9. The molecule has 0 bridgehead atoms. The Morgan fingerprint density at radius 2 is 2.20 bits per heavy atom. The van der Waals surface area contributed by atoms with E-state index in [1.165, 1.54) is 11.3 Å². The van der Waals surface area contributed by atoms with Crippen LogP contribution in [0.15, 0.2) is 24.3 Å². The highest BCUT2D eigenvalue weighted by Gasteiger charge is 2.22. The summed E-state index contributed by atoms with van der Waals surface area (Å²) in [6.07, 6.45) is 1.12. The molecule has 2 amide bonds. The molecule has 0 spiro atoms. The number of carbonyl (C=O) groups excluding carboxylic acids is 2. The first-order valence-electron chi connectivity index (χ1n) is 6.49. The van der Waals surface area contributed by atoms with Gasteiger partial charge in [-0.25, -0.2) is 0 Å². The summed E-state index contributed by atoms with van der Waals surface area (Å²) >= 11 is 1.40. The van der Waals surface area contributed by atoms with Gasteiger partial charge in [-0.1, -0.05) is 18.2 Å². The predicted octanol–water partition coefficient (Wildman–Crippen LogP) is 1.49. The van der Waals surface area contributed by atoms with Gasteiger partial charge in [0.15, 0.2) is 0 Å². The number of anilines is 1. The maximum atomic E-state index is 12.3. The lowest BCUT2D eigenvalue weighted by molar-refractivity contribution is -0.122. The van der Waals surface area contributed by atoms with Crippen molar-refractivity contribution < 1.29 is 9.59 Å². The van der Waals surface area contributed by atoms with E-state index in [1.807, 2.05) is 24.3 Å². The van der Waals surface area contributed by atoms with Crippen molar-refractivity contribution in [1.29, 1.82) is 0 Å². The number of piperidine rings is 1. The van der Waals surface area contributed by atoms with Crippen molar-refractivity contribution in [2.24, 2.45) is 0 Å². The number of benzene rings is 1. The summed E-state index contributed by atoms with van der Waals surface area (Å²) in [5.41, 5.74) is 6.58. The van der Waals surface area contributed by atoms with Crippen molar-refractivity contribution in [3.63, 3.8) is 0 Å². The number of nitrogens with two attached hydrogens (primary N) is 1. The molecule has 1 aliphatic rings. The van der Waals surface area contributed by atoms with Crippen molar-refractivity contribution in [2.75, 3.05) is 12.3 Å². The zero-order chi connectivity index (χ0) is 14.1. The Balaban J connectivity index is 1.79. The van der Waals surface area contributed by atoms with Crippen LogP contribution >= 0.6 is 11.3 Å². The molecule has 5 nitrogen and oxygen atoms in total. The number of hydrogen-bond acceptors (Lipinski definition) is 4. The highest BCUT2D eigenvalue weighted by molar-refractivity contribution is 7.21. The molecule has 0 aliphatic carbocycles. The number of fused-ring (bicyclic) bond motifs is 1. The number of nitrogen functional groups attached to an aromatic ring is 1. The topological polar surface area (TPSA) is 84.2 Å². The Morgan fingerprint density at radius 1 is 1.40 bits per heavy atom. The molecule has 0 radical (unpaired) electrons. The first-order chi connectivity index (χ1) is 9.65. The molecule has 1 saturated heterocycles. The van der Waals surface area contributed by atoms with Crippen LogP contribution in [0.5, 0.6) is 0 Å². The second-order valence-corrected chi connectivity index (χ2v) is 5.91. The molecule has 1 aromatic carbocycles. The summed E-state index contributed by atoms with van der Waals surface area (Å²) < 4.78 is 1.01. The summed E-state index contributed by atoms with van der Waals surface area (Å²) in [6, 6.07) is 7.68. The van der Waals surface area contributed by atoms with E-state index < -0.39 is 0 Å². The van der Waals surface area contributed by atoms with Crippen LogP contribution in [-0.4, -0.2) is 24.4 Å². The highest BCUT2D eigenvalue weighted by Crippen LogP contribution is 2.33. The van der Waals surface area contributed by atoms with Crippen LogP contribution in [0.2, 0.25) is 0 Å². The zero-order valence-corrected chi connectivity index (χ0v) is 11.6. The minimum absolute atomic E-state index is 0.0233. The van der Waals surface area contributed by atoms with Gasteiger partial charge in [-0.15, -0.1) is 11.3 Å². The molecule has 2 heterocycles. The highest BCUT2D eigenvalue weighted by atomic mass is 32.1. The molecule has 1 aromatic heterocycles. The van der Waals surface area contributed by atoms with E-state index in [1.54, 1.807) is 0 Å². The van der Waals surface area contributed by atoms with E-state index in [-0.39, 0.29) is 17.9 Å². The Labute approximate surface area is 120 Å². The molecule has 1 atom stereocenters. The molecular formula is C14H15N3O2S. The lowest BCUT2D eigenvalue weighted by Crippen LogP contribution is -2.47. The Morgan fingerprint density at radius 3 is 2.90 bits per heavy atom. The SMILES string of the molecule is Nc1c(C(=O)NC2CCC(=O)NC2)sc2ccccc12. The summed E-state index contributed by atoms with van der Waals surface area (Å²) in [7, 11) is 0. The molecule has 1 aliphatic heterocycles. The van der Waals surface area contributed by atoms with E-state index in [0.29, 0.717) is 30.0 Å². The maximum Gasteiger partial charge on any atom is 0.263 e. The smallest absolute Gasteiger partial charge is 0.263 e. The molecular weight excluding hydrogens is 274 g/mol. The standard InChI is InChI=1S/C14H15N3O2S/c15-12-9-3-1-2-4-10(9)20-13(12)14(19)17-8-5-6-11(18)16-7-8/h1-4,8H,5-7,15H2,(H,16,18)(H,17,19). The number of rotatable bonds is 2. The summed E-state index contributed by atoms with van der Waals surface area (Å²) in [6.45, 7) is 0.482. The minimum Gasteiger partial charge on any atom is -0.397 e. The van der Waals surface area contributed by atoms with Gasteiger partial charge in [-0.2, -0.15) is 0 Å². The number of carbonyl (C=O) groups is 2. The van der Waals surface area contributed by atoms with Gasteiger partial charge in [-0.3, -0.25) is 9.59 Å². The number of hydrogen-bond donors (Lipinski definition) is 3. The van der Waals surface area contributed by atoms with Crippen molar-refractivity contribution in [2.45, 2.75) is 18.9 Å². The van der Waals surface area contributed by atoms with Crippen LogP contribution in [0.25, 0.3) is 10.1 Å². The van der Waals surface area contributed by atoms with Gasteiger partial charge in [0.25, 0.3) is 5.91 Å². The second-order valence-electron chi connectivity index (χ2n) is 4.85. The summed E-state index contributed by atoms with van der Waals surface area (Å²) in [5.74, 6) is -0.123. The maximum absolute atomic E-state index is 12.3. The van der Waals surface area contributed by atoms with Crippen molar-refractivity contribution in [1.82, 2.24) is 10.6 Å². The van der Waals surface area contributed by atoms with Crippen LogP contribution < -0.4 is 16.4 Å². The third kappa shape index (κ3) is 2.34. The van der Waals surface area contributed by atoms with Gasteiger partial charge >= 0.3 is 0 Å². The molecule has 6 heteroatoms. The van der Waals surface area contributed by atoms with Gasteiger partial charge in [-0.05, 0) is 12.5 Å². The zero-order valence-electron chi connectivity index (χ0n) is 10.8. The first-order valence-corrected chi connectivity index (χ1v) is 7.31. The number of amides is 2. The van der Waals surface area contributed by atoms with E-state index >= 15 is 0 Å². The Kier molecular flexibility index (Phi) is 3.31. The minimum atomic E-state index is -0.162. The molecule has 3 rings (SSSR count). The normalized spacial score (nSPS) is 18.8. The molecule has 1 unspecified atom stereocenters. The fourth-order valence-corrected chi connectivity index (χ4v) is 3.37. The van der Waals surface area contributed by atoms with E-state index in [0.717, 1.165) is 10.1 Å². The number of thiophene rings is 1.